The minimum atomic E-state index is 0.115. The highest BCUT2D eigenvalue weighted by molar-refractivity contribution is 5.94. The number of rotatable bonds is 7. The van der Waals surface area contributed by atoms with Crippen molar-refractivity contribution in [1.82, 2.24) is 9.55 Å². The van der Waals surface area contributed by atoms with Gasteiger partial charge in [0.2, 0.25) is 5.91 Å². The van der Waals surface area contributed by atoms with Crippen molar-refractivity contribution >= 4 is 17.2 Å². The topological polar surface area (TPSA) is 46.9 Å². The van der Waals surface area contributed by atoms with Crippen LogP contribution in [-0.2, 0) is 17.8 Å². The summed E-state index contributed by atoms with van der Waals surface area (Å²) in [7, 11) is 0. The lowest BCUT2D eigenvalue weighted by Crippen LogP contribution is -2.19. The number of carbonyl (C=O) groups is 1. The molecule has 0 spiro atoms. The third-order valence-corrected chi connectivity index (χ3v) is 4.48. The van der Waals surface area contributed by atoms with Gasteiger partial charge in [0.1, 0.15) is 0 Å². The van der Waals surface area contributed by atoms with Gasteiger partial charge in [0, 0.05) is 31.0 Å². The molecule has 1 aliphatic heterocycles. The number of imidazole rings is 1. The van der Waals surface area contributed by atoms with Crippen LogP contribution < -0.4 is 5.32 Å². The van der Waals surface area contributed by atoms with Gasteiger partial charge < -0.3 is 9.88 Å². The molecule has 0 atom stereocenters. The summed E-state index contributed by atoms with van der Waals surface area (Å²) in [4.78, 5) is 15.7. The maximum Gasteiger partial charge on any atom is 0.224 e. The standard InChI is InChI=1S/C20H25N3O/c1-2-3-4-5-6-18(14-23-12-11-21-15-23)16-7-9-19-17(13-16)8-10-20(24)22-19/h6-7,9,11-13,15H,2-5,8,10,14H2,1H3,(H,22,24)/b18-6-. The fraction of sp³-hybridized carbons (Fsp3) is 0.400. The van der Waals surface area contributed by atoms with Crippen LogP contribution in [-0.4, -0.2) is 15.5 Å². The summed E-state index contributed by atoms with van der Waals surface area (Å²) < 4.78 is 2.10. The largest absolute Gasteiger partial charge is 0.333 e. The predicted molar refractivity (Wildman–Crippen MR) is 97.7 cm³/mol. The Kier molecular flexibility index (Phi) is 5.47. The molecule has 24 heavy (non-hydrogen) atoms. The van der Waals surface area contributed by atoms with Crippen LogP contribution >= 0.6 is 0 Å². The zero-order valence-electron chi connectivity index (χ0n) is 14.3. The summed E-state index contributed by atoms with van der Waals surface area (Å²) in [6.45, 7) is 3.06. The van der Waals surface area contributed by atoms with Crippen molar-refractivity contribution in [1.29, 1.82) is 0 Å². The Morgan fingerprint density at radius 1 is 1.33 bits per heavy atom. The summed E-state index contributed by atoms with van der Waals surface area (Å²) in [6, 6.07) is 6.39. The van der Waals surface area contributed by atoms with Gasteiger partial charge in [-0.25, -0.2) is 4.98 Å². The van der Waals surface area contributed by atoms with E-state index < -0.39 is 0 Å². The second-order valence-electron chi connectivity index (χ2n) is 6.38. The molecular weight excluding hydrogens is 298 g/mol. The first kappa shape index (κ1) is 16.5. The van der Waals surface area contributed by atoms with Crippen LogP contribution in [0.1, 0.15) is 50.2 Å². The quantitative estimate of drug-likeness (QED) is 0.766. The molecule has 1 amide bonds. The Morgan fingerprint density at radius 2 is 2.25 bits per heavy atom. The Balaban J connectivity index is 1.82. The average molecular weight is 323 g/mol. The number of hydrogen-bond donors (Lipinski definition) is 1. The van der Waals surface area contributed by atoms with E-state index in [-0.39, 0.29) is 5.91 Å². The lowest BCUT2D eigenvalue weighted by molar-refractivity contribution is -0.116. The number of hydrogen-bond acceptors (Lipinski definition) is 2. The summed E-state index contributed by atoms with van der Waals surface area (Å²) in [5.41, 5.74) is 4.76. The van der Waals surface area contributed by atoms with Crippen LogP contribution in [0, 0.1) is 0 Å². The number of nitrogens with one attached hydrogen (secondary N) is 1. The van der Waals surface area contributed by atoms with Crippen LogP contribution in [0.25, 0.3) is 5.57 Å². The fourth-order valence-corrected chi connectivity index (χ4v) is 3.10. The number of fused-ring (bicyclic) bond motifs is 1. The molecule has 1 aromatic carbocycles. The van der Waals surface area contributed by atoms with Crippen LogP contribution in [0.4, 0.5) is 5.69 Å². The van der Waals surface area contributed by atoms with Crippen molar-refractivity contribution in [3.05, 3.63) is 54.1 Å². The van der Waals surface area contributed by atoms with Crippen molar-refractivity contribution in [2.45, 2.75) is 52.0 Å². The van der Waals surface area contributed by atoms with E-state index in [1.807, 2.05) is 24.8 Å². The predicted octanol–water partition coefficient (Wildman–Crippen LogP) is 4.43. The number of carbonyl (C=O) groups excluding carboxylic acids is 1. The number of unbranched alkanes of at least 4 members (excludes halogenated alkanes) is 3. The molecule has 4 nitrogen and oxygen atoms in total. The highest BCUT2D eigenvalue weighted by Gasteiger charge is 2.15. The number of nitrogens with zero attached hydrogens (tertiary/aromatic N) is 2. The van der Waals surface area contributed by atoms with Gasteiger partial charge in [0.05, 0.1) is 6.33 Å². The molecule has 0 saturated heterocycles. The SMILES string of the molecule is CCCCC/C=C(/Cn1ccnc1)c1ccc2c(c1)CCC(=O)N2. The normalized spacial score (nSPS) is 14.4. The van der Waals surface area contributed by atoms with E-state index in [4.69, 9.17) is 0 Å². The molecule has 4 heteroatoms. The summed E-state index contributed by atoms with van der Waals surface area (Å²) >= 11 is 0. The molecule has 1 N–H and O–H groups in total. The summed E-state index contributed by atoms with van der Waals surface area (Å²) in [5, 5.41) is 2.96. The molecular formula is C20H25N3O. The van der Waals surface area contributed by atoms with Crippen LogP contribution in [0.3, 0.4) is 0 Å². The molecule has 0 unspecified atom stereocenters. The monoisotopic (exact) mass is 323 g/mol. The molecule has 2 heterocycles. The molecule has 0 saturated carbocycles. The van der Waals surface area contributed by atoms with Gasteiger partial charge in [-0.2, -0.15) is 0 Å². The second-order valence-corrected chi connectivity index (χ2v) is 6.38. The van der Waals surface area contributed by atoms with Crippen LogP contribution in [0.2, 0.25) is 0 Å². The smallest absolute Gasteiger partial charge is 0.224 e. The van der Waals surface area contributed by atoms with Gasteiger partial charge in [-0.1, -0.05) is 31.9 Å². The van der Waals surface area contributed by atoms with Gasteiger partial charge in [0.25, 0.3) is 0 Å². The second kappa shape index (κ2) is 7.95. The zero-order valence-corrected chi connectivity index (χ0v) is 14.3. The molecule has 1 aromatic heterocycles. The van der Waals surface area contributed by atoms with Crippen molar-refractivity contribution in [3.63, 3.8) is 0 Å². The van der Waals surface area contributed by atoms with Crippen molar-refractivity contribution in [2.75, 3.05) is 5.32 Å². The Bertz CT molecular complexity index is 716. The lowest BCUT2D eigenvalue weighted by atomic mass is 9.96. The first-order valence-corrected chi connectivity index (χ1v) is 8.84. The van der Waals surface area contributed by atoms with Gasteiger partial charge >= 0.3 is 0 Å². The summed E-state index contributed by atoms with van der Waals surface area (Å²) in [5.74, 6) is 0.115. The Morgan fingerprint density at radius 3 is 3.04 bits per heavy atom. The minimum Gasteiger partial charge on any atom is -0.333 e. The lowest BCUT2D eigenvalue weighted by Gasteiger charge is -2.19. The van der Waals surface area contributed by atoms with E-state index in [0.29, 0.717) is 6.42 Å². The van der Waals surface area contributed by atoms with Gasteiger partial charge in [-0.05, 0) is 48.1 Å². The first-order valence-electron chi connectivity index (χ1n) is 8.84. The van der Waals surface area contributed by atoms with E-state index in [2.05, 4.69) is 40.0 Å². The molecule has 0 fully saturated rings. The first-order chi connectivity index (χ1) is 11.8. The molecule has 3 rings (SSSR count). The maximum absolute atomic E-state index is 11.5. The van der Waals surface area contributed by atoms with E-state index in [1.165, 1.54) is 36.0 Å². The minimum absolute atomic E-state index is 0.115. The molecule has 126 valence electrons. The third-order valence-electron chi connectivity index (χ3n) is 4.48. The highest BCUT2D eigenvalue weighted by Crippen LogP contribution is 2.27. The third kappa shape index (κ3) is 4.13. The van der Waals surface area contributed by atoms with E-state index in [9.17, 15) is 4.79 Å². The zero-order chi connectivity index (χ0) is 16.8. The van der Waals surface area contributed by atoms with Crippen molar-refractivity contribution < 1.29 is 4.79 Å². The summed E-state index contributed by atoms with van der Waals surface area (Å²) in [6.07, 6.45) is 14.3. The van der Waals surface area contributed by atoms with Gasteiger partial charge in [0.15, 0.2) is 0 Å². The maximum atomic E-state index is 11.5. The molecule has 1 aliphatic rings. The van der Waals surface area contributed by atoms with Crippen molar-refractivity contribution in [3.8, 4) is 0 Å². The van der Waals surface area contributed by atoms with E-state index >= 15 is 0 Å². The number of anilines is 1. The number of aryl methyl sites for hydroxylation is 1. The van der Waals surface area contributed by atoms with Gasteiger partial charge in [-0.15, -0.1) is 0 Å². The molecule has 2 aromatic rings. The van der Waals surface area contributed by atoms with E-state index in [1.54, 1.807) is 0 Å². The fourth-order valence-electron chi connectivity index (χ4n) is 3.10. The number of benzene rings is 1. The number of allylic oxidation sites excluding steroid dienone is 2. The van der Waals surface area contributed by atoms with Crippen LogP contribution in [0.15, 0.2) is 43.0 Å². The van der Waals surface area contributed by atoms with E-state index in [0.717, 1.165) is 25.1 Å². The van der Waals surface area contributed by atoms with Crippen molar-refractivity contribution in [2.24, 2.45) is 0 Å². The number of aromatic nitrogens is 2. The molecule has 0 radical (unpaired) electrons. The average Bonchev–Trinajstić information content (AvgIpc) is 3.10. The van der Waals surface area contributed by atoms with Crippen LogP contribution in [0.5, 0.6) is 0 Å². The Hall–Kier alpha value is -2.36. The highest BCUT2D eigenvalue weighted by atomic mass is 16.1. The number of amides is 1. The molecule has 0 bridgehead atoms. The Labute approximate surface area is 143 Å². The van der Waals surface area contributed by atoms with Gasteiger partial charge in [-0.3, -0.25) is 4.79 Å². The molecule has 0 aliphatic carbocycles.